The van der Waals surface area contributed by atoms with Crippen LogP contribution in [0.4, 0.5) is 0 Å². The third-order valence-electron chi connectivity index (χ3n) is 3.54. The highest BCUT2D eigenvalue weighted by molar-refractivity contribution is 5.81. The van der Waals surface area contributed by atoms with Gasteiger partial charge in [-0.25, -0.2) is 0 Å². The topological polar surface area (TPSA) is 56.8 Å². The number of rotatable bonds is 9. The van der Waals surface area contributed by atoms with Crippen molar-refractivity contribution >= 4 is 5.97 Å². The smallest absolute Gasteiger partial charge is 0.326 e. The van der Waals surface area contributed by atoms with Gasteiger partial charge in [-0.15, -0.1) is 0 Å². The zero-order valence-corrected chi connectivity index (χ0v) is 13.2. The molecule has 118 valence electrons. The van der Waals surface area contributed by atoms with Crippen LogP contribution in [0.25, 0.3) is 0 Å². The van der Waals surface area contributed by atoms with Crippen molar-refractivity contribution in [3.63, 3.8) is 0 Å². The van der Waals surface area contributed by atoms with Crippen LogP contribution in [-0.4, -0.2) is 50.6 Å². The maximum atomic E-state index is 12.1. The summed E-state index contributed by atoms with van der Waals surface area (Å²) in [4.78, 5) is 12.1. The summed E-state index contributed by atoms with van der Waals surface area (Å²) >= 11 is 0. The Morgan fingerprint density at radius 2 is 2.10 bits per heavy atom. The Labute approximate surface area is 122 Å². The molecule has 20 heavy (non-hydrogen) atoms. The van der Waals surface area contributed by atoms with E-state index < -0.39 is 5.54 Å². The lowest BCUT2D eigenvalue weighted by molar-refractivity contribution is -0.149. The van der Waals surface area contributed by atoms with Gasteiger partial charge in [0.15, 0.2) is 0 Å². The normalized spacial score (nSPS) is 26.1. The maximum Gasteiger partial charge on any atom is 0.326 e. The lowest BCUT2D eigenvalue weighted by Gasteiger charge is -2.30. The first-order chi connectivity index (χ1) is 9.54. The highest BCUT2D eigenvalue weighted by atomic mass is 16.5. The predicted octanol–water partition coefficient (Wildman–Crippen LogP) is 1.89. The maximum absolute atomic E-state index is 12.1. The Bertz CT molecular complexity index is 296. The Morgan fingerprint density at radius 3 is 2.70 bits per heavy atom. The molecule has 2 unspecified atom stereocenters. The number of hydrogen-bond acceptors (Lipinski definition) is 5. The van der Waals surface area contributed by atoms with Crippen molar-refractivity contribution in [2.45, 2.75) is 64.1 Å². The fourth-order valence-corrected chi connectivity index (χ4v) is 2.79. The van der Waals surface area contributed by atoms with Gasteiger partial charge in [-0.3, -0.25) is 10.1 Å². The van der Waals surface area contributed by atoms with Crippen molar-refractivity contribution in [2.75, 3.05) is 26.9 Å². The van der Waals surface area contributed by atoms with E-state index in [2.05, 4.69) is 12.2 Å². The van der Waals surface area contributed by atoms with E-state index in [1.165, 1.54) is 7.11 Å². The molecule has 1 aliphatic carbocycles. The number of carbonyl (C=O) groups is 1. The standard InChI is InChI=1S/C15H29NO4/c1-5-8-19-9-10-20-13-6-7-15(11-13,14(17)18-4)16-12(2)3/h12-13,16H,5-11H2,1-4H3. The molecule has 0 bridgehead atoms. The molecule has 2 atom stereocenters. The molecule has 0 aliphatic heterocycles. The van der Waals surface area contributed by atoms with Crippen LogP contribution in [0, 0.1) is 0 Å². The van der Waals surface area contributed by atoms with Crippen molar-refractivity contribution in [1.29, 1.82) is 0 Å². The minimum absolute atomic E-state index is 0.102. The summed E-state index contributed by atoms with van der Waals surface area (Å²) in [5.74, 6) is -0.181. The van der Waals surface area contributed by atoms with Gasteiger partial charge in [-0.05, 0) is 33.1 Å². The monoisotopic (exact) mass is 287 g/mol. The fourth-order valence-electron chi connectivity index (χ4n) is 2.79. The SMILES string of the molecule is CCCOCCOC1CCC(NC(C)C)(C(=O)OC)C1. The molecule has 1 rings (SSSR count). The molecule has 5 heteroatoms. The largest absolute Gasteiger partial charge is 0.468 e. The van der Waals surface area contributed by atoms with E-state index in [9.17, 15) is 4.79 Å². The van der Waals surface area contributed by atoms with Crippen molar-refractivity contribution in [3.05, 3.63) is 0 Å². The molecule has 0 amide bonds. The molecule has 0 saturated heterocycles. The van der Waals surface area contributed by atoms with E-state index in [0.29, 0.717) is 19.6 Å². The molecule has 0 aromatic rings. The van der Waals surface area contributed by atoms with Gasteiger partial charge in [0.2, 0.25) is 0 Å². The van der Waals surface area contributed by atoms with E-state index >= 15 is 0 Å². The Kier molecular flexibility index (Phi) is 7.48. The Balaban J connectivity index is 2.42. The zero-order chi connectivity index (χ0) is 15.0. The number of esters is 1. The number of nitrogens with one attached hydrogen (secondary N) is 1. The highest BCUT2D eigenvalue weighted by Gasteiger charge is 2.46. The van der Waals surface area contributed by atoms with Crippen LogP contribution in [0.3, 0.4) is 0 Å². The summed E-state index contributed by atoms with van der Waals surface area (Å²) in [5.41, 5.74) is -0.585. The first-order valence-electron chi connectivity index (χ1n) is 7.59. The van der Waals surface area contributed by atoms with Crippen LogP contribution >= 0.6 is 0 Å². The second-order valence-electron chi connectivity index (χ2n) is 5.72. The molecule has 1 N–H and O–H groups in total. The van der Waals surface area contributed by atoms with Gasteiger partial charge >= 0.3 is 5.97 Å². The van der Waals surface area contributed by atoms with Crippen LogP contribution in [0.2, 0.25) is 0 Å². The van der Waals surface area contributed by atoms with Crippen molar-refractivity contribution in [2.24, 2.45) is 0 Å². The number of methoxy groups -OCH3 is 1. The molecule has 1 aliphatic rings. The summed E-state index contributed by atoms with van der Waals surface area (Å²) in [6, 6.07) is 0.237. The number of carbonyl (C=O) groups excluding carboxylic acids is 1. The van der Waals surface area contributed by atoms with E-state index in [4.69, 9.17) is 14.2 Å². The summed E-state index contributed by atoms with van der Waals surface area (Å²) in [5, 5.41) is 3.36. The highest BCUT2D eigenvalue weighted by Crippen LogP contribution is 2.33. The van der Waals surface area contributed by atoms with Crippen LogP contribution in [0.1, 0.15) is 46.5 Å². The summed E-state index contributed by atoms with van der Waals surface area (Å²) < 4.78 is 16.2. The first-order valence-corrected chi connectivity index (χ1v) is 7.59. The van der Waals surface area contributed by atoms with Crippen LogP contribution in [-0.2, 0) is 19.0 Å². The fraction of sp³-hybridized carbons (Fsp3) is 0.933. The first kappa shape index (κ1) is 17.4. The molecule has 0 spiro atoms. The molecule has 0 aromatic carbocycles. The van der Waals surface area contributed by atoms with Crippen LogP contribution in [0.15, 0.2) is 0 Å². The molecule has 5 nitrogen and oxygen atoms in total. The number of ether oxygens (including phenoxy) is 3. The molecular weight excluding hydrogens is 258 g/mol. The Morgan fingerprint density at radius 1 is 1.35 bits per heavy atom. The zero-order valence-electron chi connectivity index (χ0n) is 13.2. The summed E-state index contributed by atoms with van der Waals surface area (Å²) in [7, 11) is 1.44. The van der Waals surface area contributed by atoms with Gasteiger partial charge < -0.3 is 14.2 Å². The van der Waals surface area contributed by atoms with Gasteiger partial charge in [0.1, 0.15) is 5.54 Å². The lowest BCUT2D eigenvalue weighted by Crippen LogP contribution is -2.53. The van der Waals surface area contributed by atoms with E-state index in [-0.39, 0.29) is 18.1 Å². The quantitative estimate of drug-likeness (QED) is 0.518. The molecule has 0 aromatic heterocycles. The van der Waals surface area contributed by atoms with Gasteiger partial charge in [0.25, 0.3) is 0 Å². The minimum atomic E-state index is -0.585. The molecule has 0 radical (unpaired) electrons. The molecule has 0 heterocycles. The van der Waals surface area contributed by atoms with Gasteiger partial charge in [-0.1, -0.05) is 6.92 Å². The third-order valence-corrected chi connectivity index (χ3v) is 3.54. The molecule has 1 saturated carbocycles. The predicted molar refractivity (Wildman–Crippen MR) is 77.7 cm³/mol. The molecular formula is C15H29NO4. The van der Waals surface area contributed by atoms with E-state index in [1.54, 1.807) is 0 Å². The van der Waals surface area contributed by atoms with Crippen LogP contribution in [0.5, 0.6) is 0 Å². The lowest BCUT2D eigenvalue weighted by atomic mass is 9.96. The number of hydrogen-bond donors (Lipinski definition) is 1. The Hall–Kier alpha value is -0.650. The van der Waals surface area contributed by atoms with E-state index in [0.717, 1.165) is 25.9 Å². The van der Waals surface area contributed by atoms with Crippen molar-refractivity contribution in [1.82, 2.24) is 5.32 Å². The van der Waals surface area contributed by atoms with E-state index in [1.807, 2.05) is 13.8 Å². The van der Waals surface area contributed by atoms with Crippen molar-refractivity contribution < 1.29 is 19.0 Å². The summed E-state index contributed by atoms with van der Waals surface area (Å²) in [6.45, 7) is 8.14. The minimum Gasteiger partial charge on any atom is -0.468 e. The molecule has 1 fully saturated rings. The third kappa shape index (κ3) is 5.04. The van der Waals surface area contributed by atoms with Crippen molar-refractivity contribution in [3.8, 4) is 0 Å². The van der Waals surface area contributed by atoms with Gasteiger partial charge in [0.05, 0.1) is 26.4 Å². The average molecular weight is 287 g/mol. The average Bonchev–Trinajstić information content (AvgIpc) is 2.81. The van der Waals surface area contributed by atoms with Gasteiger partial charge in [-0.2, -0.15) is 0 Å². The van der Waals surface area contributed by atoms with Gasteiger partial charge in [0, 0.05) is 19.1 Å². The second kappa shape index (κ2) is 8.60. The summed E-state index contributed by atoms with van der Waals surface area (Å²) in [6.07, 6.45) is 3.44. The van der Waals surface area contributed by atoms with Crippen LogP contribution < -0.4 is 5.32 Å². The second-order valence-corrected chi connectivity index (χ2v) is 5.72.